The van der Waals surface area contributed by atoms with Gasteiger partial charge in [0.25, 0.3) is 0 Å². The van der Waals surface area contributed by atoms with Gasteiger partial charge in [-0.2, -0.15) is 0 Å². The number of hydrogen-bond donors (Lipinski definition) is 2. The number of urea groups is 1. The minimum absolute atomic E-state index is 0.00100. The van der Waals surface area contributed by atoms with E-state index in [-0.39, 0.29) is 12.5 Å². The van der Waals surface area contributed by atoms with Crippen LogP contribution < -0.4 is 10.6 Å². The maximum Gasteiger partial charge on any atom is 0.315 e. The second-order valence-electron chi connectivity index (χ2n) is 5.17. The van der Waals surface area contributed by atoms with Gasteiger partial charge in [0.15, 0.2) is 0 Å². The molecule has 0 spiro atoms. The third-order valence-electron chi connectivity index (χ3n) is 3.48. The van der Waals surface area contributed by atoms with Crippen molar-refractivity contribution in [2.75, 3.05) is 7.11 Å². The molecule has 5 nitrogen and oxygen atoms in total. The first kappa shape index (κ1) is 17.8. The molecule has 2 aromatic rings. The van der Waals surface area contributed by atoms with Gasteiger partial charge in [0.1, 0.15) is 0 Å². The maximum atomic E-state index is 12.2. The number of carbonyl (C=O) groups is 2. The molecule has 0 aliphatic heterocycles. The van der Waals surface area contributed by atoms with Gasteiger partial charge in [-0.15, -0.1) is 0 Å². The first-order valence-corrected chi connectivity index (χ1v) is 7.87. The highest BCUT2D eigenvalue weighted by atomic mass is 35.5. The summed E-state index contributed by atoms with van der Waals surface area (Å²) in [6, 6.07) is 15.7. The van der Waals surface area contributed by atoms with E-state index >= 15 is 0 Å². The third-order valence-corrected chi connectivity index (χ3v) is 3.82. The predicted octanol–water partition coefficient (Wildman–Crippen LogP) is 3.44. The fourth-order valence-electron chi connectivity index (χ4n) is 2.23. The summed E-state index contributed by atoms with van der Waals surface area (Å²) in [6.45, 7) is 0.389. The lowest BCUT2D eigenvalue weighted by Crippen LogP contribution is -2.38. The second-order valence-corrected chi connectivity index (χ2v) is 5.57. The number of rotatable bonds is 6. The summed E-state index contributed by atoms with van der Waals surface area (Å²) in [5.41, 5.74) is 1.65. The number of halogens is 1. The van der Waals surface area contributed by atoms with E-state index in [2.05, 4.69) is 10.6 Å². The Morgan fingerprint density at radius 2 is 1.75 bits per heavy atom. The molecular formula is C18H19ClN2O3. The number of benzene rings is 2. The van der Waals surface area contributed by atoms with E-state index < -0.39 is 12.0 Å². The van der Waals surface area contributed by atoms with Gasteiger partial charge >= 0.3 is 12.0 Å². The van der Waals surface area contributed by atoms with Crippen LogP contribution in [0.3, 0.4) is 0 Å². The van der Waals surface area contributed by atoms with Crippen molar-refractivity contribution in [3.05, 3.63) is 70.7 Å². The number of carbonyl (C=O) groups excluding carboxylic acids is 2. The predicted molar refractivity (Wildman–Crippen MR) is 92.6 cm³/mol. The minimum Gasteiger partial charge on any atom is -0.469 e. The molecule has 1 atom stereocenters. The van der Waals surface area contributed by atoms with E-state index in [0.717, 1.165) is 5.56 Å². The summed E-state index contributed by atoms with van der Waals surface area (Å²) in [5.74, 6) is -0.428. The van der Waals surface area contributed by atoms with Crippen LogP contribution in [0.2, 0.25) is 5.02 Å². The molecule has 0 saturated heterocycles. The Kier molecular flexibility index (Phi) is 6.63. The Labute approximate surface area is 146 Å². The zero-order chi connectivity index (χ0) is 17.4. The smallest absolute Gasteiger partial charge is 0.315 e. The minimum atomic E-state index is -0.568. The lowest BCUT2D eigenvalue weighted by Gasteiger charge is -2.19. The second kappa shape index (κ2) is 8.93. The summed E-state index contributed by atoms with van der Waals surface area (Å²) in [7, 11) is 1.31. The van der Waals surface area contributed by atoms with Crippen molar-refractivity contribution in [2.24, 2.45) is 0 Å². The van der Waals surface area contributed by atoms with Crippen molar-refractivity contribution in [2.45, 2.75) is 19.0 Å². The molecule has 6 heteroatoms. The van der Waals surface area contributed by atoms with E-state index in [1.165, 1.54) is 7.11 Å². The average molecular weight is 347 g/mol. The molecule has 2 amide bonds. The molecule has 126 valence electrons. The lowest BCUT2D eigenvalue weighted by molar-refractivity contribution is -0.141. The summed E-state index contributed by atoms with van der Waals surface area (Å²) in [5, 5.41) is 6.02. The van der Waals surface area contributed by atoms with Gasteiger partial charge < -0.3 is 15.4 Å². The Morgan fingerprint density at radius 3 is 2.42 bits per heavy atom. The van der Waals surface area contributed by atoms with Crippen molar-refractivity contribution in [1.29, 1.82) is 0 Å². The standard InChI is InChI=1S/C18H19ClN2O3/c1-24-17(22)11-16(14-9-5-6-10-15(14)19)21-18(23)20-12-13-7-3-2-4-8-13/h2-10,16H,11-12H2,1H3,(H2,20,21,23)/t16-/m0/s1. The van der Waals surface area contributed by atoms with Crippen molar-refractivity contribution in [3.63, 3.8) is 0 Å². The SMILES string of the molecule is COC(=O)C[C@H](NC(=O)NCc1ccccc1)c1ccccc1Cl. The number of methoxy groups -OCH3 is 1. The Bertz CT molecular complexity index is 692. The molecule has 0 aromatic heterocycles. The summed E-state index contributed by atoms with van der Waals surface area (Å²) in [6.07, 6.45) is -0.00100. The summed E-state index contributed by atoms with van der Waals surface area (Å²) >= 11 is 6.18. The van der Waals surface area contributed by atoms with E-state index in [1.54, 1.807) is 24.3 Å². The number of ether oxygens (including phenoxy) is 1. The van der Waals surface area contributed by atoms with Crippen LogP contribution in [-0.4, -0.2) is 19.1 Å². The molecule has 0 heterocycles. The highest BCUT2D eigenvalue weighted by Crippen LogP contribution is 2.25. The van der Waals surface area contributed by atoms with E-state index in [1.807, 2.05) is 30.3 Å². The molecule has 0 saturated carbocycles. The van der Waals surface area contributed by atoms with Crippen LogP contribution in [-0.2, 0) is 16.1 Å². The monoisotopic (exact) mass is 346 g/mol. The molecule has 0 fully saturated rings. The fraction of sp³-hybridized carbons (Fsp3) is 0.222. The molecule has 0 radical (unpaired) electrons. The van der Waals surface area contributed by atoms with Crippen molar-refractivity contribution in [3.8, 4) is 0 Å². The third kappa shape index (κ3) is 5.28. The van der Waals surface area contributed by atoms with Crippen molar-refractivity contribution >= 4 is 23.6 Å². The van der Waals surface area contributed by atoms with Gasteiger partial charge in [-0.1, -0.05) is 60.1 Å². The molecule has 24 heavy (non-hydrogen) atoms. The zero-order valence-corrected chi connectivity index (χ0v) is 14.0. The normalized spacial score (nSPS) is 11.4. The number of nitrogens with one attached hydrogen (secondary N) is 2. The van der Waals surface area contributed by atoms with Gasteiger partial charge in [-0.05, 0) is 17.2 Å². The van der Waals surface area contributed by atoms with Crippen LogP contribution in [0, 0.1) is 0 Å². The van der Waals surface area contributed by atoms with Crippen molar-refractivity contribution in [1.82, 2.24) is 10.6 Å². The fourth-order valence-corrected chi connectivity index (χ4v) is 2.50. The first-order chi connectivity index (χ1) is 11.6. The average Bonchev–Trinajstić information content (AvgIpc) is 2.60. The van der Waals surface area contributed by atoms with Crippen LogP contribution in [0.15, 0.2) is 54.6 Å². The number of hydrogen-bond acceptors (Lipinski definition) is 3. The summed E-state index contributed by atoms with van der Waals surface area (Å²) in [4.78, 5) is 23.8. The Balaban J connectivity index is 2.03. The molecule has 2 N–H and O–H groups in total. The molecule has 0 aliphatic carbocycles. The molecule has 0 bridgehead atoms. The van der Waals surface area contributed by atoms with Gasteiger partial charge in [0.05, 0.1) is 19.6 Å². The van der Waals surface area contributed by atoms with E-state index in [4.69, 9.17) is 16.3 Å². The van der Waals surface area contributed by atoms with Crippen LogP contribution >= 0.6 is 11.6 Å². The van der Waals surface area contributed by atoms with Gasteiger partial charge in [0, 0.05) is 11.6 Å². The van der Waals surface area contributed by atoms with Crippen LogP contribution in [0.4, 0.5) is 4.79 Å². The van der Waals surface area contributed by atoms with E-state index in [0.29, 0.717) is 17.1 Å². The Morgan fingerprint density at radius 1 is 1.08 bits per heavy atom. The van der Waals surface area contributed by atoms with Crippen molar-refractivity contribution < 1.29 is 14.3 Å². The number of amides is 2. The quantitative estimate of drug-likeness (QED) is 0.787. The van der Waals surface area contributed by atoms with Crippen LogP contribution in [0.25, 0.3) is 0 Å². The highest BCUT2D eigenvalue weighted by Gasteiger charge is 2.20. The lowest BCUT2D eigenvalue weighted by atomic mass is 10.0. The molecule has 2 aromatic carbocycles. The largest absolute Gasteiger partial charge is 0.469 e. The number of esters is 1. The molecule has 0 unspecified atom stereocenters. The van der Waals surface area contributed by atoms with Gasteiger partial charge in [0.2, 0.25) is 0 Å². The van der Waals surface area contributed by atoms with E-state index in [9.17, 15) is 9.59 Å². The highest BCUT2D eigenvalue weighted by molar-refractivity contribution is 6.31. The molecular weight excluding hydrogens is 328 g/mol. The van der Waals surface area contributed by atoms with Crippen LogP contribution in [0.5, 0.6) is 0 Å². The van der Waals surface area contributed by atoms with Gasteiger partial charge in [-0.25, -0.2) is 4.79 Å². The van der Waals surface area contributed by atoms with Gasteiger partial charge in [-0.3, -0.25) is 4.79 Å². The zero-order valence-electron chi connectivity index (χ0n) is 13.3. The van der Waals surface area contributed by atoms with Crippen LogP contribution in [0.1, 0.15) is 23.6 Å². The summed E-state index contributed by atoms with van der Waals surface area (Å²) < 4.78 is 4.70. The Hall–Kier alpha value is -2.53. The first-order valence-electron chi connectivity index (χ1n) is 7.49. The molecule has 2 rings (SSSR count). The molecule has 0 aliphatic rings. The topological polar surface area (TPSA) is 67.4 Å². The maximum absolute atomic E-state index is 12.2.